The number of aryl methyl sites for hydroxylation is 2. The molecular formula is C33H44N4O5. The van der Waals surface area contributed by atoms with Gasteiger partial charge in [-0.1, -0.05) is 19.1 Å². The molecule has 2 fully saturated rings. The van der Waals surface area contributed by atoms with Crippen molar-refractivity contribution in [3.8, 4) is 5.75 Å². The van der Waals surface area contributed by atoms with Gasteiger partial charge in [0.1, 0.15) is 5.75 Å². The van der Waals surface area contributed by atoms with Gasteiger partial charge in [0, 0.05) is 50.8 Å². The van der Waals surface area contributed by atoms with E-state index in [0.29, 0.717) is 50.5 Å². The number of rotatable bonds is 10. The van der Waals surface area contributed by atoms with Crippen LogP contribution in [0.3, 0.4) is 0 Å². The molecule has 0 spiro atoms. The fourth-order valence-electron chi connectivity index (χ4n) is 6.02. The number of methoxy groups -OCH3 is 1. The highest BCUT2D eigenvalue weighted by molar-refractivity contribution is 6.04. The third-order valence-corrected chi connectivity index (χ3v) is 8.49. The third-order valence-electron chi connectivity index (χ3n) is 8.49. The highest BCUT2D eigenvalue weighted by Crippen LogP contribution is 2.43. The Morgan fingerprint density at radius 3 is 2.62 bits per heavy atom. The first-order valence-electron chi connectivity index (χ1n) is 15.2. The lowest BCUT2D eigenvalue weighted by atomic mass is 9.88. The summed E-state index contributed by atoms with van der Waals surface area (Å²) in [7, 11) is 1.65. The Balaban J connectivity index is 1.35. The van der Waals surface area contributed by atoms with Crippen molar-refractivity contribution in [2.75, 3.05) is 48.5 Å². The van der Waals surface area contributed by atoms with E-state index in [1.807, 2.05) is 36.1 Å². The van der Waals surface area contributed by atoms with E-state index in [4.69, 9.17) is 9.47 Å². The van der Waals surface area contributed by atoms with Crippen molar-refractivity contribution in [3.63, 3.8) is 0 Å². The Labute approximate surface area is 248 Å². The fourth-order valence-corrected chi connectivity index (χ4v) is 6.02. The van der Waals surface area contributed by atoms with Crippen molar-refractivity contribution in [1.29, 1.82) is 0 Å². The SMILES string of the molecule is CCc1ccc(C)cc1NC(=O)[C@@H]1CNC[C@H](C(=O)N(c2ccc3c(c2)N(CCCOC)C(=O)C(C)(C)O3)C2CC2)C1. The largest absolute Gasteiger partial charge is 0.476 e. The Morgan fingerprint density at radius 1 is 1.14 bits per heavy atom. The van der Waals surface area contributed by atoms with E-state index in [1.165, 1.54) is 0 Å². The highest BCUT2D eigenvalue weighted by atomic mass is 16.5. The van der Waals surface area contributed by atoms with Crippen molar-refractivity contribution in [2.24, 2.45) is 11.8 Å². The number of amides is 3. The minimum absolute atomic E-state index is 0.0153. The van der Waals surface area contributed by atoms with Crippen LogP contribution in [0.4, 0.5) is 17.1 Å². The average molecular weight is 577 g/mol. The lowest BCUT2D eigenvalue weighted by molar-refractivity contribution is -0.132. The van der Waals surface area contributed by atoms with E-state index in [9.17, 15) is 14.4 Å². The number of hydrogen-bond acceptors (Lipinski definition) is 6. The summed E-state index contributed by atoms with van der Waals surface area (Å²) in [5.41, 5.74) is 3.49. The Hall–Kier alpha value is -3.43. The molecule has 0 radical (unpaired) electrons. The van der Waals surface area contributed by atoms with Crippen molar-refractivity contribution < 1.29 is 23.9 Å². The topological polar surface area (TPSA) is 100 Å². The molecule has 3 aliphatic rings. The van der Waals surface area contributed by atoms with Gasteiger partial charge in [0.25, 0.3) is 5.91 Å². The van der Waals surface area contributed by atoms with Crippen LogP contribution in [0, 0.1) is 18.8 Å². The summed E-state index contributed by atoms with van der Waals surface area (Å²) >= 11 is 0. The molecule has 2 heterocycles. The molecule has 0 unspecified atom stereocenters. The number of fused-ring (bicyclic) bond motifs is 1. The molecule has 0 bridgehead atoms. The van der Waals surface area contributed by atoms with Crippen LogP contribution in [0.25, 0.3) is 0 Å². The van der Waals surface area contributed by atoms with Crippen molar-refractivity contribution in [2.45, 2.75) is 71.4 Å². The molecule has 1 saturated heterocycles. The summed E-state index contributed by atoms with van der Waals surface area (Å²) < 4.78 is 11.3. The van der Waals surface area contributed by atoms with Crippen LogP contribution in [0.15, 0.2) is 36.4 Å². The van der Waals surface area contributed by atoms with Gasteiger partial charge in [-0.05, 0) is 88.3 Å². The molecule has 226 valence electrons. The van der Waals surface area contributed by atoms with Gasteiger partial charge in [-0.2, -0.15) is 0 Å². The van der Waals surface area contributed by atoms with Crippen LogP contribution in [-0.2, 0) is 25.5 Å². The number of anilines is 3. The van der Waals surface area contributed by atoms with Gasteiger partial charge in [0.05, 0.1) is 17.5 Å². The van der Waals surface area contributed by atoms with Gasteiger partial charge >= 0.3 is 0 Å². The van der Waals surface area contributed by atoms with Crippen molar-refractivity contribution in [3.05, 3.63) is 47.5 Å². The van der Waals surface area contributed by atoms with Gasteiger partial charge in [-0.3, -0.25) is 14.4 Å². The maximum absolute atomic E-state index is 14.1. The molecule has 2 aliphatic heterocycles. The second kappa shape index (κ2) is 12.4. The average Bonchev–Trinajstić information content (AvgIpc) is 3.81. The number of benzene rings is 2. The molecule has 9 heteroatoms. The summed E-state index contributed by atoms with van der Waals surface area (Å²) in [6.07, 6.45) is 3.86. The van der Waals surface area contributed by atoms with Crippen molar-refractivity contribution >= 4 is 34.8 Å². The minimum atomic E-state index is -0.979. The van der Waals surface area contributed by atoms with Crippen LogP contribution >= 0.6 is 0 Å². The normalized spacial score (nSPS) is 21.4. The summed E-state index contributed by atoms with van der Waals surface area (Å²) in [4.78, 5) is 44.4. The van der Waals surface area contributed by atoms with Crippen LogP contribution in [0.2, 0.25) is 0 Å². The monoisotopic (exact) mass is 576 g/mol. The highest BCUT2D eigenvalue weighted by Gasteiger charge is 2.43. The maximum Gasteiger partial charge on any atom is 0.270 e. The molecule has 42 heavy (non-hydrogen) atoms. The Kier molecular flexibility index (Phi) is 8.89. The van der Waals surface area contributed by atoms with Gasteiger partial charge in [0.15, 0.2) is 5.60 Å². The molecule has 0 aromatic heterocycles. The zero-order valence-electron chi connectivity index (χ0n) is 25.5. The van der Waals surface area contributed by atoms with E-state index >= 15 is 0 Å². The number of nitrogens with one attached hydrogen (secondary N) is 2. The predicted molar refractivity (Wildman–Crippen MR) is 164 cm³/mol. The van der Waals surface area contributed by atoms with Gasteiger partial charge < -0.3 is 29.9 Å². The second-order valence-electron chi connectivity index (χ2n) is 12.3. The van der Waals surface area contributed by atoms with E-state index in [2.05, 4.69) is 29.7 Å². The molecule has 1 saturated carbocycles. The van der Waals surface area contributed by atoms with Crippen LogP contribution in [0.5, 0.6) is 5.75 Å². The zero-order valence-corrected chi connectivity index (χ0v) is 25.5. The molecular weight excluding hydrogens is 532 g/mol. The summed E-state index contributed by atoms with van der Waals surface area (Å²) in [6, 6.07) is 11.9. The van der Waals surface area contributed by atoms with E-state index < -0.39 is 5.60 Å². The second-order valence-corrected chi connectivity index (χ2v) is 12.3. The van der Waals surface area contributed by atoms with E-state index in [0.717, 1.165) is 41.8 Å². The smallest absolute Gasteiger partial charge is 0.270 e. The summed E-state index contributed by atoms with van der Waals surface area (Å²) in [5.74, 6) is -0.171. The molecule has 2 atom stereocenters. The van der Waals surface area contributed by atoms with Crippen LogP contribution < -0.4 is 25.2 Å². The fraction of sp³-hybridized carbons (Fsp3) is 0.545. The summed E-state index contributed by atoms with van der Waals surface area (Å²) in [6.45, 7) is 9.75. The molecule has 2 aromatic rings. The Morgan fingerprint density at radius 2 is 1.90 bits per heavy atom. The third kappa shape index (κ3) is 6.32. The van der Waals surface area contributed by atoms with E-state index in [-0.39, 0.29) is 35.6 Å². The van der Waals surface area contributed by atoms with Gasteiger partial charge in [-0.15, -0.1) is 0 Å². The number of hydrogen-bond donors (Lipinski definition) is 2. The van der Waals surface area contributed by atoms with Gasteiger partial charge in [-0.25, -0.2) is 0 Å². The predicted octanol–water partition coefficient (Wildman–Crippen LogP) is 4.46. The van der Waals surface area contributed by atoms with E-state index in [1.54, 1.807) is 25.9 Å². The quantitative estimate of drug-likeness (QED) is 0.405. The number of ether oxygens (including phenoxy) is 2. The molecule has 1 aliphatic carbocycles. The molecule has 3 amide bonds. The first-order chi connectivity index (χ1) is 20.1. The van der Waals surface area contributed by atoms with Crippen LogP contribution in [-0.4, -0.2) is 62.7 Å². The number of carbonyl (C=O) groups excluding carboxylic acids is 3. The standard InChI is InChI=1S/C33H44N4O5/c1-6-22-9-8-21(2)16-27(22)35-30(38)23-17-24(20-34-19-23)31(39)37(25-10-11-25)26-12-13-29-28(18-26)36(14-7-15-41-5)32(40)33(3,4)42-29/h8-9,12-13,16,18,23-25,34H,6-7,10-11,14-15,17,19-20H2,1-5H3,(H,35,38)/t23-,24+/m0/s1. The Bertz CT molecular complexity index is 1340. The number of nitrogens with zero attached hydrogens (tertiary/aromatic N) is 2. The maximum atomic E-state index is 14.1. The summed E-state index contributed by atoms with van der Waals surface area (Å²) in [5, 5.41) is 6.48. The molecule has 5 rings (SSSR count). The number of carbonyl (C=O) groups is 3. The number of piperidine rings is 1. The lowest BCUT2D eigenvalue weighted by Crippen LogP contribution is -2.53. The molecule has 2 aromatic carbocycles. The molecule has 2 N–H and O–H groups in total. The lowest BCUT2D eigenvalue weighted by Gasteiger charge is -2.39. The van der Waals surface area contributed by atoms with Crippen molar-refractivity contribution in [1.82, 2.24) is 5.32 Å². The first kappa shape index (κ1) is 30.0. The van der Waals surface area contributed by atoms with Crippen LogP contribution in [0.1, 0.15) is 57.6 Å². The first-order valence-corrected chi connectivity index (χ1v) is 15.2. The zero-order chi connectivity index (χ0) is 30.0. The van der Waals surface area contributed by atoms with Gasteiger partial charge in [0.2, 0.25) is 11.8 Å². The minimum Gasteiger partial charge on any atom is -0.476 e. The molecule has 9 nitrogen and oxygen atoms in total.